The minimum absolute atomic E-state index is 0.285. The summed E-state index contributed by atoms with van der Waals surface area (Å²) in [5.41, 5.74) is 2.67. The first-order chi connectivity index (χ1) is 9.22. The fourth-order valence-corrected chi connectivity index (χ4v) is 1.92. The molecule has 0 bridgehead atoms. The van der Waals surface area contributed by atoms with E-state index in [4.69, 9.17) is 0 Å². The number of H-pyrrole nitrogens is 1. The number of aromatic amines is 1. The number of anilines is 1. The number of hydrogen-bond donors (Lipinski definition) is 2. The van der Waals surface area contributed by atoms with Crippen molar-refractivity contribution in [2.75, 3.05) is 5.32 Å². The molecule has 2 aromatic heterocycles. The number of benzene rings is 1. The van der Waals surface area contributed by atoms with Crippen molar-refractivity contribution >= 4 is 11.5 Å². The Morgan fingerprint density at radius 1 is 1.37 bits per heavy atom. The number of nitrogens with one attached hydrogen (secondary N) is 2. The Balaban J connectivity index is 1.80. The number of fused-ring (bicyclic) bond motifs is 1. The van der Waals surface area contributed by atoms with Crippen LogP contribution in [0.5, 0.6) is 0 Å². The Bertz CT molecular complexity index is 774. The van der Waals surface area contributed by atoms with Crippen molar-refractivity contribution in [2.45, 2.75) is 13.5 Å². The summed E-state index contributed by atoms with van der Waals surface area (Å²) >= 11 is 0. The van der Waals surface area contributed by atoms with Crippen LogP contribution < -0.4 is 11.0 Å². The SMILES string of the molecule is Cc1cccc(CNc2cc3n[nH]c(=O)n3cn2)c1. The van der Waals surface area contributed by atoms with Crippen LogP contribution in [0.15, 0.2) is 41.5 Å². The molecule has 0 amide bonds. The van der Waals surface area contributed by atoms with Crippen LogP contribution in [0.3, 0.4) is 0 Å². The zero-order valence-electron chi connectivity index (χ0n) is 10.4. The second-order valence-corrected chi connectivity index (χ2v) is 4.37. The zero-order valence-corrected chi connectivity index (χ0v) is 10.4. The molecule has 6 heteroatoms. The molecule has 0 aliphatic rings. The number of nitrogens with zero attached hydrogens (tertiary/aromatic N) is 3. The molecule has 0 radical (unpaired) electrons. The highest BCUT2D eigenvalue weighted by molar-refractivity contribution is 5.48. The molecule has 0 saturated carbocycles. The average molecular weight is 255 g/mol. The standard InChI is InChI=1S/C13H13N5O/c1-9-3-2-4-10(5-9)7-14-11-6-12-16-17-13(19)18(12)8-15-11/h2-6,8,14H,7H2,1H3,(H,17,19). The van der Waals surface area contributed by atoms with Gasteiger partial charge < -0.3 is 5.32 Å². The van der Waals surface area contributed by atoms with Crippen LogP contribution in [-0.4, -0.2) is 19.6 Å². The average Bonchev–Trinajstić information content (AvgIpc) is 2.78. The number of rotatable bonds is 3. The number of aromatic nitrogens is 4. The summed E-state index contributed by atoms with van der Waals surface area (Å²) in [6, 6.07) is 9.98. The molecule has 0 saturated heterocycles. The third kappa shape index (κ3) is 2.33. The van der Waals surface area contributed by atoms with E-state index in [-0.39, 0.29) is 5.69 Å². The van der Waals surface area contributed by atoms with Crippen LogP contribution in [0.2, 0.25) is 0 Å². The van der Waals surface area contributed by atoms with Gasteiger partial charge in [0.1, 0.15) is 12.1 Å². The van der Waals surface area contributed by atoms with Crippen molar-refractivity contribution in [3.63, 3.8) is 0 Å². The minimum atomic E-state index is -0.285. The largest absolute Gasteiger partial charge is 0.366 e. The van der Waals surface area contributed by atoms with Crippen molar-refractivity contribution in [3.8, 4) is 0 Å². The number of hydrogen-bond acceptors (Lipinski definition) is 4. The highest BCUT2D eigenvalue weighted by Crippen LogP contribution is 2.08. The smallest absolute Gasteiger partial charge is 0.348 e. The topological polar surface area (TPSA) is 75.1 Å². The summed E-state index contributed by atoms with van der Waals surface area (Å²) in [5.74, 6) is 0.688. The van der Waals surface area contributed by atoms with Crippen molar-refractivity contribution in [3.05, 3.63) is 58.3 Å². The molecule has 2 N–H and O–H groups in total. The molecular weight excluding hydrogens is 242 g/mol. The summed E-state index contributed by atoms with van der Waals surface area (Å²) in [7, 11) is 0. The third-order valence-corrected chi connectivity index (χ3v) is 2.87. The van der Waals surface area contributed by atoms with Gasteiger partial charge in [0.25, 0.3) is 0 Å². The normalized spacial score (nSPS) is 10.8. The van der Waals surface area contributed by atoms with E-state index in [1.54, 1.807) is 6.07 Å². The van der Waals surface area contributed by atoms with E-state index in [9.17, 15) is 4.79 Å². The maximum Gasteiger partial charge on any atom is 0.348 e. The van der Waals surface area contributed by atoms with Crippen molar-refractivity contribution in [1.82, 2.24) is 19.6 Å². The Labute approximate surface area is 109 Å². The van der Waals surface area contributed by atoms with Crippen LogP contribution in [0.1, 0.15) is 11.1 Å². The van der Waals surface area contributed by atoms with Gasteiger partial charge >= 0.3 is 5.69 Å². The van der Waals surface area contributed by atoms with E-state index in [1.165, 1.54) is 21.9 Å². The van der Waals surface area contributed by atoms with E-state index in [0.29, 0.717) is 18.0 Å². The molecule has 19 heavy (non-hydrogen) atoms. The van der Waals surface area contributed by atoms with E-state index in [0.717, 1.165) is 0 Å². The quantitative estimate of drug-likeness (QED) is 0.740. The summed E-state index contributed by atoms with van der Waals surface area (Å²) in [6.07, 6.45) is 1.46. The molecular formula is C13H13N5O. The predicted molar refractivity (Wildman–Crippen MR) is 72.1 cm³/mol. The molecule has 96 valence electrons. The van der Waals surface area contributed by atoms with Gasteiger partial charge in [-0.1, -0.05) is 29.8 Å². The zero-order chi connectivity index (χ0) is 13.2. The van der Waals surface area contributed by atoms with Crippen LogP contribution in [0.4, 0.5) is 5.82 Å². The van der Waals surface area contributed by atoms with Gasteiger partial charge in [-0.15, -0.1) is 0 Å². The molecule has 6 nitrogen and oxygen atoms in total. The lowest BCUT2D eigenvalue weighted by Gasteiger charge is -2.06. The molecule has 3 aromatic rings. The summed E-state index contributed by atoms with van der Waals surface area (Å²) in [6.45, 7) is 2.74. The third-order valence-electron chi connectivity index (χ3n) is 2.87. The first kappa shape index (κ1) is 11.5. The van der Waals surface area contributed by atoms with Gasteiger partial charge in [0.2, 0.25) is 0 Å². The van der Waals surface area contributed by atoms with Gasteiger partial charge in [-0.25, -0.2) is 19.3 Å². The Kier molecular flexibility index (Phi) is 2.75. The fourth-order valence-electron chi connectivity index (χ4n) is 1.92. The van der Waals surface area contributed by atoms with E-state index in [2.05, 4.69) is 45.6 Å². The fraction of sp³-hybridized carbons (Fsp3) is 0.154. The molecule has 3 rings (SSSR count). The lowest BCUT2D eigenvalue weighted by Crippen LogP contribution is -2.10. The Morgan fingerprint density at radius 3 is 3.11 bits per heavy atom. The Morgan fingerprint density at radius 2 is 2.26 bits per heavy atom. The monoisotopic (exact) mass is 255 g/mol. The molecule has 0 spiro atoms. The van der Waals surface area contributed by atoms with Crippen LogP contribution >= 0.6 is 0 Å². The maximum atomic E-state index is 11.3. The van der Waals surface area contributed by atoms with E-state index in [1.807, 2.05) is 6.07 Å². The van der Waals surface area contributed by atoms with E-state index < -0.39 is 0 Å². The van der Waals surface area contributed by atoms with Gasteiger partial charge in [-0.05, 0) is 12.5 Å². The predicted octanol–water partition coefficient (Wildman–Crippen LogP) is 1.34. The van der Waals surface area contributed by atoms with Crippen LogP contribution in [-0.2, 0) is 6.54 Å². The Hall–Kier alpha value is -2.63. The van der Waals surface area contributed by atoms with Gasteiger partial charge in [-0.3, -0.25) is 0 Å². The van der Waals surface area contributed by atoms with Crippen LogP contribution in [0.25, 0.3) is 5.65 Å². The van der Waals surface area contributed by atoms with Crippen molar-refractivity contribution in [2.24, 2.45) is 0 Å². The molecule has 0 aliphatic carbocycles. The maximum absolute atomic E-state index is 11.3. The molecule has 1 aromatic carbocycles. The highest BCUT2D eigenvalue weighted by Gasteiger charge is 2.02. The second-order valence-electron chi connectivity index (χ2n) is 4.37. The molecule has 0 atom stereocenters. The summed E-state index contributed by atoms with van der Waals surface area (Å²) < 4.78 is 1.36. The van der Waals surface area contributed by atoms with Gasteiger partial charge in [0.05, 0.1) is 0 Å². The van der Waals surface area contributed by atoms with Crippen LogP contribution in [0, 0.1) is 6.92 Å². The van der Waals surface area contributed by atoms with Gasteiger partial charge in [0.15, 0.2) is 5.65 Å². The lowest BCUT2D eigenvalue weighted by molar-refractivity contribution is 0.990. The molecule has 0 fully saturated rings. The molecule has 0 aliphatic heterocycles. The highest BCUT2D eigenvalue weighted by atomic mass is 16.1. The number of aryl methyl sites for hydroxylation is 1. The van der Waals surface area contributed by atoms with Gasteiger partial charge in [0, 0.05) is 12.6 Å². The molecule has 2 heterocycles. The summed E-state index contributed by atoms with van der Waals surface area (Å²) in [4.78, 5) is 15.5. The molecule has 0 unspecified atom stereocenters. The first-order valence-corrected chi connectivity index (χ1v) is 5.94. The van der Waals surface area contributed by atoms with E-state index >= 15 is 0 Å². The van der Waals surface area contributed by atoms with Crippen molar-refractivity contribution < 1.29 is 0 Å². The second kappa shape index (κ2) is 4.56. The minimum Gasteiger partial charge on any atom is -0.366 e. The van der Waals surface area contributed by atoms with Gasteiger partial charge in [-0.2, -0.15) is 5.10 Å². The first-order valence-electron chi connectivity index (χ1n) is 5.94. The van der Waals surface area contributed by atoms with Crippen molar-refractivity contribution in [1.29, 1.82) is 0 Å². The summed E-state index contributed by atoms with van der Waals surface area (Å²) in [5, 5.41) is 9.48. The lowest BCUT2D eigenvalue weighted by atomic mass is 10.1.